The van der Waals surface area contributed by atoms with Crippen LogP contribution in [0.15, 0.2) is 0 Å². The first-order valence-electron chi connectivity index (χ1n) is 4.39. The topological polar surface area (TPSA) is 46.5 Å². The third-order valence-corrected chi connectivity index (χ3v) is 2.21. The standard InChI is InChI=1S/C9H16O3S/c1-4-6-7(10)9(3,11)8(13)12-5-2/h11H,4-6H2,1-3H3. The molecule has 76 valence electrons. The van der Waals surface area contributed by atoms with Crippen molar-refractivity contribution < 1.29 is 14.6 Å². The van der Waals surface area contributed by atoms with Crippen molar-refractivity contribution in [1.82, 2.24) is 0 Å². The lowest BCUT2D eigenvalue weighted by atomic mass is 9.98. The van der Waals surface area contributed by atoms with E-state index in [1.807, 2.05) is 6.92 Å². The number of Topliss-reactive ketones (excluding diaryl/α,β-unsaturated/α-hetero) is 1. The van der Waals surface area contributed by atoms with Gasteiger partial charge in [0.05, 0.1) is 6.61 Å². The van der Waals surface area contributed by atoms with Crippen molar-refractivity contribution in [2.24, 2.45) is 0 Å². The van der Waals surface area contributed by atoms with E-state index in [2.05, 4.69) is 0 Å². The van der Waals surface area contributed by atoms with Crippen molar-refractivity contribution in [3.63, 3.8) is 0 Å². The van der Waals surface area contributed by atoms with E-state index in [9.17, 15) is 9.90 Å². The second-order valence-electron chi connectivity index (χ2n) is 2.97. The molecule has 13 heavy (non-hydrogen) atoms. The number of ether oxygens (including phenoxy) is 1. The molecular weight excluding hydrogens is 188 g/mol. The molecule has 0 radical (unpaired) electrons. The van der Waals surface area contributed by atoms with Gasteiger partial charge in [0.15, 0.2) is 16.4 Å². The molecule has 0 saturated carbocycles. The number of hydrogen-bond donors (Lipinski definition) is 1. The van der Waals surface area contributed by atoms with Gasteiger partial charge >= 0.3 is 0 Å². The van der Waals surface area contributed by atoms with Gasteiger partial charge in [-0.1, -0.05) is 6.92 Å². The second-order valence-corrected chi connectivity index (χ2v) is 3.34. The highest BCUT2D eigenvalue weighted by Gasteiger charge is 2.35. The van der Waals surface area contributed by atoms with Crippen molar-refractivity contribution >= 4 is 23.1 Å². The number of rotatable bonds is 5. The lowest BCUT2D eigenvalue weighted by Crippen LogP contribution is -2.43. The zero-order valence-electron chi connectivity index (χ0n) is 8.29. The van der Waals surface area contributed by atoms with Crippen LogP contribution in [0.2, 0.25) is 0 Å². The molecule has 0 amide bonds. The van der Waals surface area contributed by atoms with E-state index in [1.54, 1.807) is 6.92 Å². The van der Waals surface area contributed by atoms with Gasteiger partial charge in [-0.05, 0) is 32.5 Å². The Labute approximate surface area is 84.1 Å². The Morgan fingerprint density at radius 2 is 2.08 bits per heavy atom. The second kappa shape index (κ2) is 5.29. The molecule has 0 aromatic rings. The first kappa shape index (κ1) is 12.5. The fraction of sp³-hybridized carbons (Fsp3) is 0.778. The highest BCUT2D eigenvalue weighted by molar-refractivity contribution is 7.80. The molecule has 0 aliphatic heterocycles. The molecule has 1 N–H and O–H groups in total. The van der Waals surface area contributed by atoms with Crippen LogP contribution in [0.5, 0.6) is 0 Å². The third-order valence-electron chi connectivity index (χ3n) is 1.69. The predicted molar refractivity (Wildman–Crippen MR) is 54.8 cm³/mol. The summed E-state index contributed by atoms with van der Waals surface area (Å²) in [6, 6.07) is 0. The molecule has 0 aromatic heterocycles. The number of aliphatic hydroxyl groups is 1. The highest BCUT2D eigenvalue weighted by atomic mass is 32.1. The van der Waals surface area contributed by atoms with E-state index in [-0.39, 0.29) is 10.8 Å². The Kier molecular flexibility index (Phi) is 5.10. The fourth-order valence-corrected chi connectivity index (χ4v) is 1.09. The smallest absolute Gasteiger partial charge is 0.199 e. The zero-order chi connectivity index (χ0) is 10.5. The predicted octanol–water partition coefficient (Wildman–Crippen LogP) is 1.47. The Morgan fingerprint density at radius 3 is 2.46 bits per heavy atom. The Balaban J connectivity index is 4.36. The third kappa shape index (κ3) is 3.40. The number of ketones is 1. The van der Waals surface area contributed by atoms with Gasteiger partial charge in [0.25, 0.3) is 0 Å². The monoisotopic (exact) mass is 204 g/mol. The van der Waals surface area contributed by atoms with Crippen molar-refractivity contribution in [2.45, 2.75) is 39.2 Å². The summed E-state index contributed by atoms with van der Waals surface area (Å²) in [7, 11) is 0. The van der Waals surface area contributed by atoms with Gasteiger partial charge in [-0.15, -0.1) is 0 Å². The van der Waals surface area contributed by atoms with Gasteiger partial charge < -0.3 is 9.84 Å². The highest BCUT2D eigenvalue weighted by Crippen LogP contribution is 2.13. The largest absolute Gasteiger partial charge is 0.484 e. The molecule has 1 unspecified atom stereocenters. The molecule has 1 atom stereocenters. The van der Waals surface area contributed by atoms with Crippen LogP contribution >= 0.6 is 12.2 Å². The Morgan fingerprint density at radius 1 is 1.54 bits per heavy atom. The molecule has 0 bridgehead atoms. The maximum absolute atomic E-state index is 11.4. The summed E-state index contributed by atoms with van der Waals surface area (Å²) in [6.07, 6.45) is 1.02. The molecule has 0 aliphatic rings. The number of carbonyl (C=O) groups is 1. The molecule has 0 heterocycles. The van der Waals surface area contributed by atoms with Crippen LogP contribution in [0.3, 0.4) is 0 Å². The lowest BCUT2D eigenvalue weighted by molar-refractivity contribution is -0.130. The summed E-state index contributed by atoms with van der Waals surface area (Å²) in [6.45, 7) is 5.38. The maximum Gasteiger partial charge on any atom is 0.199 e. The van der Waals surface area contributed by atoms with Gasteiger partial charge in [0, 0.05) is 6.42 Å². The molecule has 0 aliphatic carbocycles. The molecule has 4 heteroatoms. The van der Waals surface area contributed by atoms with Crippen LogP contribution < -0.4 is 0 Å². The minimum absolute atomic E-state index is 0.0338. The summed E-state index contributed by atoms with van der Waals surface area (Å²) in [5.41, 5.74) is -1.61. The van der Waals surface area contributed by atoms with Crippen LogP contribution in [0.4, 0.5) is 0 Å². The number of hydrogen-bond acceptors (Lipinski definition) is 4. The Hall–Kier alpha value is -0.480. The maximum atomic E-state index is 11.4. The molecule has 0 spiro atoms. The number of thiocarbonyl (C=S) groups is 1. The van der Waals surface area contributed by atoms with Crippen LogP contribution in [-0.2, 0) is 9.53 Å². The van der Waals surface area contributed by atoms with Crippen LogP contribution in [0.1, 0.15) is 33.6 Å². The quantitative estimate of drug-likeness (QED) is 0.689. The van der Waals surface area contributed by atoms with Crippen molar-refractivity contribution in [1.29, 1.82) is 0 Å². The van der Waals surface area contributed by atoms with E-state index in [1.165, 1.54) is 6.92 Å². The van der Waals surface area contributed by atoms with E-state index in [0.29, 0.717) is 19.4 Å². The summed E-state index contributed by atoms with van der Waals surface area (Å²) in [4.78, 5) is 11.4. The van der Waals surface area contributed by atoms with E-state index >= 15 is 0 Å². The lowest BCUT2D eigenvalue weighted by Gasteiger charge is -2.21. The van der Waals surface area contributed by atoms with Gasteiger partial charge in [-0.25, -0.2) is 0 Å². The fourth-order valence-electron chi connectivity index (χ4n) is 0.856. The van der Waals surface area contributed by atoms with Crippen LogP contribution in [0.25, 0.3) is 0 Å². The molecule has 3 nitrogen and oxygen atoms in total. The molecule has 0 aromatic carbocycles. The average molecular weight is 204 g/mol. The van der Waals surface area contributed by atoms with Gasteiger partial charge in [-0.2, -0.15) is 0 Å². The minimum atomic E-state index is -1.61. The zero-order valence-corrected chi connectivity index (χ0v) is 9.11. The van der Waals surface area contributed by atoms with Crippen molar-refractivity contribution in [3.8, 4) is 0 Å². The van der Waals surface area contributed by atoms with E-state index < -0.39 is 5.60 Å². The summed E-state index contributed by atoms with van der Waals surface area (Å²) < 4.78 is 4.93. The first-order chi connectivity index (χ1) is 5.96. The minimum Gasteiger partial charge on any atom is -0.484 e. The SMILES string of the molecule is CCCC(=O)C(C)(O)C(=S)OCC. The number of carbonyl (C=O) groups excluding carboxylic acids is 1. The summed E-state index contributed by atoms with van der Waals surface area (Å²) >= 11 is 4.79. The van der Waals surface area contributed by atoms with Gasteiger partial charge in [-0.3, -0.25) is 4.79 Å². The molecule has 0 fully saturated rings. The average Bonchev–Trinajstić information content (AvgIpc) is 2.05. The van der Waals surface area contributed by atoms with E-state index in [4.69, 9.17) is 17.0 Å². The normalized spacial score (nSPS) is 14.8. The van der Waals surface area contributed by atoms with E-state index in [0.717, 1.165) is 0 Å². The van der Waals surface area contributed by atoms with Crippen molar-refractivity contribution in [3.05, 3.63) is 0 Å². The summed E-state index contributed by atoms with van der Waals surface area (Å²) in [5, 5.41) is 9.66. The van der Waals surface area contributed by atoms with Crippen LogP contribution in [0, 0.1) is 0 Å². The summed E-state index contributed by atoms with van der Waals surface area (Å²) in [5.74, 6) is -0.284. The molecule has 0 rings (SSSR count). The van der Waals surface area contributed by atoms with Gasteiger partial charge in [0.1, 0.15) is 0 Å². The van der Waals surface area contributed by atoms with Crippen molar-refractivity contribution in [2.75, 3.05) is 6.61 Å². The van der Waals surface area contributed by atoms with Crippen LogP contribution in [-0.4, -0.2) is 28.1 Å². The molecular formula is C9H16O3S. The first-order valence-corrected chi connectivity index (χ1v) is 4.80. The molecule has 0 saturated heterocycles. The Bertz CT molecular complexity index is 179. The van der Waals surface area contributed by atoms with Gasteiger partial charge in [0.2, 0.25) is 0 Å².